The number of para-hydroxylation sites is 1. The van der Waals surface area contributed by atoms with Gasteiger partial charge in [0.15, 0.2) is 0 Å². The van der Waals surface area contributed by atoms with Gasteiger partial charge in [-0.05, 0) is 16.5 Å². The summed E-state index contributed by atoms with van der Waals surface area (Å²) in [4.78, 5) is 7.30. The molecular formula is C12H9N7. The summed E-state index contributed by atoms with van der Waals surface area (Å²) in [7, 11) is 0. The highest BCUT2D eigenvalue weighted by Crippen LogP contribution is 2.31. The second kappa shape index (κ2) is 3.52. The maximum Gasteiger partial charge on any atom is 0.274 e. The third kappa shape index (κ3) is 1.32. The van der Waals surface area contributed by atoms with Gasteiger partial charge in [-0.3, -0.25) is 0 Å². The molecule has 4 rings (SSSR count). The first-order chi connectivity index (χ1) is 9.34. The summed E-state index contributed by atoms with van der Waals surface area (Å²) in [5, 5.41) is 12.5. The third-order valence-electron chi connectivity index (χ3n) is 3.10. The van der Waals surface area contributed by atoms with Crippen LogP contribution in [0.2, 0.25) is 0 Å². The van der Waals surface area contributed by atoms with Crippen molar-refractivity contribution in [1.29, 1.82) is 0 Å². The topological polar surface area (TPSA) is 97.8 Å². The van der Waals surface area contributed by atoms with Crippen LogP contribution in [0, 0.1) is 0 Å². The van der Waals surface area contributed by atoms with Crippen molar-refractivity contribution in [2.45, 2.75) is 0 Å². The van der Waals surface area contributed by atoms with Gasteiger partial charge in [-0.15, -0.1) is 0 Å². The first kappa shape index (κ1) is 10.0. The zero-order chi connectivity index (χ0) is 12.8. The van der Waals surface area contributed by atoms with E-state index in [1.54, 1.807) is 10.7 Å². The van der Waals surface area contributed by atoms with Gasteiger partial charge in [0, 0.05) is 22.7 Å². The van der Waals surface area contributed by atoms with Gasteiger partial charge in [0.25, 0.3) is 5.78 Å². The van der Waals surface area contributed by atoms with E-state index in [0.717, 1.165) is 22.2 Å². The van der Waals surface area contributed by atoms with Crippen molar-refractivity contribution in [3.05, 3.63) is 36.7 Å². The van der Waals surface area contributed by atoms with Gasteiger partial charge in [-0.2, -0.15) is 4.52 Å². The lowest BCUT2D eigenvalue weighted by Gasteiger charge is -2.05. The second-order valence-corrected chi connectivity index (χ2v) is 4.20. The first-order valence-corrected chi connectivity index (χ1v) is 5.73. The Hall–Kier alpha value is -2.96. The molecule has 3 heterocycles. The Morgan fingerprint density at radius 2 is 2.11 bits per heavy atom. The van der Waals surface area contributed by atoms with Gasteiger partial charge >= 0.3 is 0 Å². The molecule has 0 spiro atoms. The van der Waals surface area contributed by atoms with E-state index in [-0.39, 0.29) is 0 Å². The van der Waals surface area contributed by atoms with Crippen molar-refractivity contribution >= 4 is 22.4 Å². The van der Waals surface area contributed by atoms with Crippen molar-refractivity contribution in [2.24, 2.45) is 0 Å². The minimum atomic E-state index is 0.425. The van der Waals surface area contributed by atoms with Crippen LogP contribution in [0.3, 0.4) is 0 Å². The van der Waals surface area contributed by atoms with E-state index < -0.39 is 0 Å². The molecule has 7 heteroatoms. The third-order valence-corrected chi connectivity index (χ3v) is 3.10. The minimum absolute atomic E-state index is 0.425. The number of anilines is 1. The van der Waals surface area contributed by atoms with Crippen LogP contribution in [0.25, 0.3) is 27.9 Å². The zero-order valence-electron chi connectivity index (χ0n) is 9.78. The van der Waals surface area contributed by atoms with E-state index in [4.69, 9.17) is 5.73 Å². The summed E-state index contributed by atoms with van der Waals surface area (Å²) in [6.45, 7) is 0. The average molecular weight is 251 g/mol. The molecule has 0 saturated carbocycles. The standard InChI is InChI=1S/C12H9N7/c13-9-6-15-12-16-17-18-19(12)11(9)8-5-14-10-4-2-1-3-7(8)10/h1-6,14H,13H2. The molecule has 0 amide bonds. The highest BCUT2D eigenvalue weighted by Gasteiger charge is 2.14. The molecule has 19 heavy (non-hydrogen) atoms. The average Bonchev–Trinajstić information content (AvgIpc) is 3.05. The molecule has 0 aliphatic rings. The number of aromatic nitrogens is 6. The number of aromatic amines is 1. The van der Waals surface area contributed by atoms with Crippen LogP contribution in [-0.2, 0) is 0 Å². The van der Waals surface area contributed by atoms with Gasteiger partial charge in [-0.1, -0.05) is 23.3 Å². The van der Waals surface area contributed by atoms with Crippen LogP contribution < -0.4 is 5.73 Å². The molecule has 3 N–H and O–H groups in total. The summed E-state index contributed by atoms with van der Waals surface area (Å²) >= 11 is 0. The quantitative estimate of drug-likeness (QED) is 0.530. The Morgan fingerprint density at radius 1 is 1.21 bits per heavy atom. The monoisotopic (exact) mass is 251 g/mol. The number of fused-ring (bicyclic) bond motifs is 2. The van der Waals surface area contributed by atoms with Gasteiger partial charge < -0.3 is 10.7 Å². The van der Waals surface area contributed by atoms with E-state index in [0.29, 0.717) is 11.5 Å². The van der Waals surface area contributed by atoms with E-state index in [2.05, 4.69) is 25.5 Å². The second-order valence-electron chi connectivity index (χ2n) is 4.20. The maximum atomic E-state index is 6.04. The summed E-state index contributed by atoms with van der Waals surface area (Å²) in [6, 6.07) is 7.99. The molecule has 0 radical (unpaired) electrons. The van der Waals surface area contributed by atoms with Crippen LogP contribution in [0.4, 0.5) is 5.69 Å². The van der Waals surface area contributed by atoms with Crippen molar-refractivity contribution in [1.82, 2.24) is 30.0 Å². The number of nitrogens with two attached hydrogens (primary N) is 1. The van der Waals surface area contributed by atoms with E-state index >= 15 is 0 Å². The van der Waals surface area contributed by atoms with Gasteiger partial charge in [-0.25, -0.2) is 4.98 Å². The fraction of sp³-hybridized carbons (Fsp3) is 0. The molecule has 0 atom stereocenters. The number of nitrogen functional groups attached to an aromatic ring is 1. The lowest BCUT2D eigenvalue weighted by molar-refractivity contribution is 0.827. The molecule has 0 unspecified atom stereocenters. The van der Waals surface area contributed by atoms with Crippen molar-refractivity contribution in [2.75, 3.05) is 5.73 Å². The molecule has 4 aromatic rings. The predicted octanol–water partition coefficient (Wildman–Crippen LogP) is 1.25. The lowest BCUT2D eigenvalue weighted by atomic mass is 10.1. The summed E-state index contributed by atoms with van der Waals surface area (Å²) in [6.07, 6.45) is 3.47. The van der Waals surface area contributed by atoms with E-state index in [1.165, 1.54) is 0 Å². The SMILES string of the molecule is Nc1cnc2nnnn2c1-c1c[nH]c2ccccc12. The molecule has 3 aromatic heterocycles. The molecule has 92 valence electrons. The smallest absolute Gasteiger partial charge is 0.274 e. The molecule has 0 aliphatic carbocycles. The largest absolute Gasteiger partial charge is 0.396 e. The summed E-state index contributed by atoms with van der Waals surface area (Å²) in [5.41, 5.74) is 9.30. The van der Waals surface area contributed by atoms with E-state index in [9.17, 15) is 0 Å². The Balaban J connectivity index is 2.14. The molecule has 1 aromatic carbocycles. The van der Waals surface area contributed by atoms with E-state index in [1.807, 2.05) is 30.5 Å². The van der Waals surface area contributed by atoms with Crippen molar-refractivity contribution < 1.29 is 0 Å². The fourth-order valence-electron chi connectivity index (χ4n) is 2.26. The number of tetrazole rings is 1. The number of rotatable bonds is 1. The molecular weight excluding hydrogens is 242 g/mol. The Morgan fingerprint density at radius 3 is 3.05 bits per heavy atom. The van der Waals surface area contributed by atoms with Gasteiger partial charge in [0.05, 0.1) is 11.9 Å². The van der Waals surface area contributed by atoms with Crippen LogP contribution in [0.5, 0.6) is 0 Å². The Labute approximate surface area is 107 Å². The first-order valence-electron chi connectivity index (χ1n) is 5.73. The number of nitrogens with one attached hydrogen (secondary N) is 1. The minimum Gasteiger partial charge on any atom is -0.396 e. The number of nitrogens with zero attached hydrogens (tertiary/aromatic N) is 5. The number of hydrogen-bond acceptors (Lipinski definition) is 5. The Kier molecular flexibility index (Phi) is 1.85. The number of hydrogen-bond donors (Lipinski definition) is 2. The molecule has 0 fully saturated rings. The Bertz CT molecular complexity index is 889. The van der Waals surface area contributed by atoms with Crippen LogP contribution in [0.1, 0.15) is 0 Å². The normalized spacial score (nSPS) is 11.4. The van der Waals surface area contributed by atoms with Crippen LogP contribution in [0.15, 0.2) is 36.7 Å². The highest BCUT2D eigenvalue weighted by atomic mass is 15.5. The zero-order valence-corrected chi connectivity index (χ0v) is 9.78. The summed E-state index contributed by atoms with van der Waals surface area (Å²) in [5.74, 6) is 0.425. The molecule has 7 nitrogen and oxygen atoms in total. The molecule has 0 bridgehead atoms. The predicted molar refractivity (Wildman–Crippen MR) is 70.3 cm³/mol. The summed E-state index contributed by atoms with van der Waals surface area (Å²) < 4.78 is 1.55. The van der Waals surface area contributed by atoms with Crippen molar-refractivity contribution in [3.8, 4) is 11.3 Å². The lowest BCUT2D eigenvalue weighted by Crippen LogP contribution is -2.01. The maximum absolute atomic E-state index is 6.04. The van der Waals surface area contributed by atoms with Crippen LogP contribution in [-0.4, -0.2) is 30.0 Å². The van der Waals surface area contributed by atoms with Gasteiger partial charge in [0.2, 0.25) is 0 Å². The molecule has 0 aliphatic heterocycles. The fourth-order valence-corrected chi connectivity index (χ4v) is 2.26. The van der Waals surface area contributed by atoms with Gasteiger partial charge in [0.1, 0.15) is 5.69 Å². The number of benzene rings is 1. The molecule has 0 saturated heterocycles. The van der Waals surface area contributed by atoms with Crippen LogP contribution >= 0.6 is 0 Å². The van der Waals surface area contributed by atoms with Crippen molar-refractivity contribution in [3.63, 3.8) is 0 Å². The number of H-pyrrole nitrogens is 1. The highest BCUT2D eigenvalue weighted by molar-refractivity contribution is 5.97.